The van der Waals surface area contributed by atoms with E-state index in [1.807, 2.05) is 30.3 Å². The maximum absolute atomic E-state index is 12.9. The Morgan fingerprint density at radius 3 is 2.61 bits per heavy atom. The van der Waals surface area contributed by atoms with Gasteiger partial charge in [-0.1, -0.05) is 31.7 Å². The van der Waals surface area contributed by atoms with Gasteiger partial charge in [0.05, 0.1) is 11.8 Å². The van der Waals surface area contributed by atoms with Crippen LogP contribution in [0.25, 0.3) is 11.4 Å². The summed E-state index contributed by atoms with van der Waals surface area (Å²) in [5.41, 5.74) is 1.99. The number of nitrogens with one attached hydrogen (secondary N) is 1. The third kappa shape index (κ3) is 4.83. The Morgan fingerprint density at radius 1 is 1.12 bits per heavy atom. The van der Waals surface area contributed by atoms with Crippen LogP contribution in [0.5, 0.6) is 11.5 Å². The highest BCUT2D eigenvalue weighted by Gasteiger charge is 2.30. The Kier molecular flexibility index (Phi) is 6.22. The van der Waals surface area contributed by atoms with Gasteiger partial charge in [-0.25, -0.2) is 0 Å². The van der Waals surface area contributed by atoms with Gasteiger partial charge < -0.3 is 14.8 Å². The number of rotatable bonds is 8. The van der Waals surface area contributed by atoms with Crippen LogP contribution in [0.15, 0.2) is 47.9 Å². The van der Waals surface area contributed by atoms with E-state index in [4.69, 9.17) is 9.47 Å². The standard InChI is InChI=1S/C24H27N5O3S/c1-15(2)22(17-3-6-19-20(13-17)32-12-11-31-19)26-21(30)14-33-24-28-27-23(29(24)18-4-5-18)16-7-9-25-10-8-16/h3,6-10,13,15,18,22H,4-5,11-12,14H2,1-2H3,(H,26,30). The predicted octanol–water partition coefficient (Wildman–Crippen LogP) is 4.05. The minimum atomic E-state index is -0.123. The van der Waals surface area contributed by atoms with E-state index in [0.29, 0.717) is 19.3 Å². The van der Waals surface area contributed by atoms with Crippen molar-refractivity contribution in [3.63, 3.8) is 0 Å². The molecule has 3 heterocycles. The van der Waals surface area contributed by atoms with Crippen LogP contribution >= 0.6 is 11.8 Å². The van der Waals surface area contributed by atoms with Crippen molar-refractivity contribution in [1.29, 1.82) is 0 Å². The van der Waals surface area contributed by atoms with Gasteiger partial charge in [-0.05, 0) is 48.6 Å². The number of carbonyl (C=O) groups is 1. The summed E-state index contributed by atoms with van der Waals surface area (Å²) >= 11 is 1.43. The first-order chi connectivity index (χ1) is 16.1. The first-order valence-corrected chi connectivity index (χ1v) is 12.3. The van der Waals surface area contributed by atoms with Crippen LogP contribution in [0.4, 0.5) is 0 Å². The molecule has 9 heteroatoms. The number of amides is 1. The van der Waals surface area contributed by atoms with E-state index in [2.05, 4.69) is 38.9 Å². The minimum Gasteiger partial charge on any atom is -0.486 e. The van der Waals surface area contributed by atoms with Gasteiger partial charge in [-0.3, -0.25) is 14.3 Å². The number of pyridine rings is 1. The molecule has 0 radical (unpaired) electrons. The van der Waals surface area contributed by atoms with Crippen LogP contribution in [0.2, 0.25) is 0 Å². The number of carbonyl (C=O) groups excluding carboxylic acids is 1. The minimum absolute atomic E-state index is 0.0376. The zero-order valence-electron chi connectivity index (χ0n) is 18.7. The molecule has 2 aliphatic rings. The normalized spacial score (nSPS) is 16.0. The van der Waals surface area contributed by atoms with Crippen molar-refractivity contribution in [2.45, 2.75) is 43.9 Å². The lowest BCUT2D eigenvalue weighted by Crippen LogP contribution is -2.33. The Hall–Kier alpha value is -3.07. The second-order valence-corrected chi connectivity index (χ2v) is 9.57. The largest absolute Gasteiger partial charge is 0.486 e. The Morgan fingerprint density at radius 2 is 1.88 bits per heavy atom. The van der Waals surface area contributed by atoms with Crippen LogP contribution in [-0.4, -0.2) is 44.6 Å². The third-order valence-corrected chi connectivity index (χ3v) is 6.70. The number of benzene rings is 1. The summed E-state index contributed by atoms with van der Waals surface area (Å²) < 4.78 is 13.5. The molecule has 172 valence electrons. The molecule has 8 nitrogen and oxygen atoms in total. The van der Waals surface area contributed by atoms with Gasteiger partial charge >= 0.3 is 0 Å². The van der Waals surface area contributed by atoms with Gasteiger partial charge in [-0.15, -0.1) is 10.2 Å². The van der Waals surface area contributed by atoms with E-state index < -0.39 is 0 Å². The molecule has 1 aliphatic carbocycles. The molecular weight excluding hydrogens is 438 g/mol. The Balaban J connectivity index is 1.28. The van der Waals surface area contributed by atoms with Crippen LogP contribution in [-0.2, 0) is 4.79 Å². The summed E-state index contributed by atoms with van der Waals surface area (Å²) in [6.07, 6.45) is 5.72. The molecule has 0 bridgehead atoms. The maximum Gasteiger partial charge on any atom is 0.230 e. The van der Waals surface area contributed by atoms with E-state index in [0.717, 1.165) is 46.4 Å². The number of hydrogen-bond acceptors (Lipinski definition) is 7. The molecule has 3 aromatic rings. The molecule has 1 N–H and O–H groups in total. The molecule has 2 aromatic heterocycles. The average Bonchev–Trinajstić information content (AvgIpc) is 3.59. The number of hydrogen-bond donors (Lipinski definition) is 1. The van der Waals surface area contributed by atoms with E-state index >= 15 is 0 Å². The molecule has 1 fully saturated rings. The van der Waals surface area contributed by atoms with E-state index in [-0.39, 0.29) is 23.6 Å². The summed E-state index contributed by atoms with van der Waals surface area (Å²) in [7, 11) is 0. The van der Waals surface area contributed by atoms with Crippen molar-refractivity contribution in [2.24, 2.45) is 5.92 Å². The molecule has 1 aromatic carbocycles. The third-order valence-electron chi connectivity index (χ3n) is 5.76. The van der Waals surface area contributed by atoms with Crippen molar-refractivity contribution in [3.8, 4) is 22.9 Å². The van der Waals surface area contributed by atoms with Crippen LogP contribution in [0, 0.1) is 5.92 Å². The van der Waals surface area contributed by atoms with Gasteiger partial charge in [-0.2, -0.15) is 0 Å². The highest BCUT2D eigenvalue weighted by Crippen LogP contribution is 2.41. The van der Waals surface area contributed by atoms with Crippen molar-refractivity contribution < 1.29 is 14.3 Å². The van der Waals surface area contributed by atoms with Crippen molar-refractivity contribution in [1.82, 2.24) is 25.1 Å². The van der Waals surface area contributed by atoms with E-state index in [9.17, 15) is 4.79 Å². The summed E-state index contributed by atoms with van der Waals surface area (Å²) in [5, 5.41) is 12.8. The summed E-state index contributed by atoms with van der Waals surface area (Å²) in [6, 6.07) is 10.0. The van der Waals surface area contributed by atoms with Crippen molar-refractivity contribution in [2.75, 3.05) is 19.0 Å². The monoisotopic (exact) mass is 465 g/mol. The molecule has 0 saturated heterocycles. The van der Waals surface area contributed by atoms with Crippen molar-refractivity contribution >= 4 is 17.7 Å². The summed E-state index contributed by atoms with van der Waals surface area (Å²) in [6.45, 7) is 5.29. The Labute approximate surface area is 197 Å². The summed E-state index contributed by atoms with van der Waals surface area (Å²) in [4.78, 5) is 17.0. The lowest BCUT2D eigenvalue weighted by Gasteiger charge is -2.25. The topological polar surface area (TPSA) is 91.2 Å². The molecule has 1 amide bonds. The first kappa shape index (κ1) is 21.8. The number of fused-ring (bicyclic) bond motifs is 1. The number of thioether (sulfide) groups is 1. The first-order valence-electron chi connectivity index (χ1n) is 11.3. The molecular formula is C24H27N5O3S. The predicted molar refractivity (Wildman–Crippen MR) is 125 cm³/mol. The molecule has 1 atom stereocenters. The fourth-order valence-electron chi connectivity index (χ4n) is 3.97. The highest BCUT2D eigenvalue weighted by molar-refractivity contribution is 7.99. The molecule has 1 saturated carbocycles. The van der Waals surface area contributed by atoms with Crippen LogP contribution in [0.1, 0.15) is 44.3 Å². The second kappa shape index (κ2) is 9.43. The summed E-state index contributed by atoms with van der Waals surface area (Å²) in [5.74, 6) is 2.76. The van der Waals surface area contributed by atoms with E-state index in [1.54, 1.807) is 12.4 Å². The number of aromatic nitrogens is 4. The lowest BCUT2D eigenvalue weighted by atomic mass is 9.95. The molecule has 33 heavy (non-hydrogen) atoms. The van der Waals surface area contributed by atoms with Gasteiger partial charge in [0.15, 0.2) is 22.5 Å². The van der Waals surface area contributed by atoms with Gasteiger partial charge in [0.1, 0.15) is 13.2 Å². The van der Waals surface area contributed by atoms with Crippen LogP contribution in [0.3, 0.4) is 0 Å². The second-order valence-electron chi connectivity index (χ2n) is 8.62. The molecule has 0 spiro atoms. The zero-order chi connectivity index (χ0) is 22.8. The van der Waals surface area contributed by atoms with Gasteiger partial charge in [0.2, 0.25) is 5.91 Å². The average molecular weight is 466 g/mol. The SMILES string of the molecule is CC(C)C(NC(=O)CSc1nnc(-c2ccncc2)n1C1CC1)c1ccc2c(c1)OCCO2. The van der Waals surface area contributed by atoms with E-state index in [1.165, 1.54) is 11.8 Å². The van der Waals surface area contributed by atoms with Crippen molar-refractivity contribution in [3.05, 3.63) is 48.3 Å². The molecule has 1 aliphatic heterocycles. The molecule has 5 rings (SSSR count). The Bertz CT molecular complexity index is 1130. The fourth-order valence-corrected chi connectivity index (χ4v) is 4.79. The zero-order valence-corrected chi connectivity index (χ0v) is 19.5. The van der Waals surface area contributed by atoms with Gasteiger partial charge in [0, 0.05) is 24.0 Å². The fraction of sp³-hybridized carbons (Fsp3) is 0.417. The van der Waals surface area contributed by atoms with Gasteiger partial charge in [0.25, 0.3) is 0 Å². The number of nitrogens with zero attached hydrogens (tertiary/aromatic N) is 4. The maximum atomic E-state index is 12.9. The molecule has 1 unspecified atom stereocenters. The number of ether oxygens (including phenoxy) is 2. The highest BCUT2D eigenvalue weighted by atomic mass is 32.2. The lowest BCUT2D eigenvalue weighted by molar-refractivity contribution is -0.119. The quantitative estimate of drug-likeness (QED) is 0.502. The van der Waals surface area contributed by atoms with Crippen LogP contribution < -0.4 is 14.8 Å². The smallest absolute Gasteiger partial charge is 0.230 e.